The number of hydrogen-bond acceptors (Lipinski definition) is 3. The Bertz CT molecular complexity index is 215. The molecule has 0 aromatic rings. The van der Waals surface area contributed by atoms with E-state index in [1.165, 1.54) is 0 Å². The summed E-state index contributed by atoms with van der Waals surface area (Å²) in [5, 5.41) is 24.7. The van der Waals surface area contributed by atoms with Crippen molar-refractivity contribution in [1.29, 1.82) is 0 Å². The van der Waals surface area contributed by atoms with E-state index in [1.807, 2.05) is 0 Å². The van der Waals surface area contributed by atoms with Gasteiger partial charge in [-0.2, -0.15) is 0 Å². The summed E-state index contributed by atoms with van der Waals surface area (Å²) in [7, 11) is 0. The molecule has 0 bridgehead atoms. The molecule has 0 fully saturated rings. The van der Waals surface area contributed by atoms with Gasteiger partial charge in [0.25, 0.3) is 0 Å². The van der Waals surface area contributed by atoms with Crippen molar-refractivity contribution < 1.29 is 90.6 Å². The van der Waals surface area contributed by atoms with Crippen LogP contribution in [0.25, 0.3) is 0 Å². The minimum atomic E-state index is -1.40. The molecule has 9 heteroatoms. The fourth-order valence-corrected chi connectivity index (χ4v) is 0.668. The molecule has 0 aliphatic carbocycles. The first-order valence-corrected chi connectivity index (χ1v) is 3.10. The predicted octanol–water partition coefficient (Wildman–Crippen LogP) is -9.01. The van der Waals surface area contributed by atoms with Gasteiger partial charge in [-0.3, -0.25) is 14.4 Å². The molecule has 0 heterocycles. The van der Waals surface area contributed by atoms with E-state index in [0.29, 0.717) is 0 Å². The van der Waals surface area contributed by atoms with Crippen molar-refractivity contribution in [3.63, 3.8) is 0 Å². The summed E-state index contributed by atoms with van der Waals surface area (Å²) in [5.41, 5.74) is 0. The molecule has 0 aromatic heterocycles. The van der Waals surface area contributed by atoms with Crippen LogP contribution >= 0.6 is 0 Å². The Morgan fingerprint density at radius 1 is 0.867 bits per heavy atom. The van der Waals surface area contributed by atoms with Gasteiger partial charge < -0.3 is 19.6 Å². The van der Waals surface area contributed by atoms with Gasteiger partial charge in [0.2, 0.25) is 0 Å². The zero-order valence-corrected chi connectivity index (χ0v) is 9.06. The Morgan fingerprint density at radius 3 is 1.27 bits per heavy atom. The van der Waals surface area contributed by atoms with Gasteiger partial charge in [-0.15, -0.1) is 0 Å². The molecular formula is C6H11Li3O6. The number of hydrogen-bond donors (Lipinski definition) is 3. The van der Waals surface area contributed by atoms with Crippen LogP contribution in [-0.2, 0) is 14.4 Å². The molecule has 0 aromatic carbocycles. The first-order valence-electron chi connectivity index (χ1n) is 3.10. The zero-order chi connectivity index (χ0) is 9.72. The molecule has 0 spiro atoms. The summed E-state index contributed by atoms with van der Waals surface area (Å²) in [6.45, 7) is 0. The van der Waals surface area contributed by atoms with Crippen molar-refractivity contribution in [2.24, 2.45) is 5.92 Å². The van der Waals surface area contributed by atoms with E-state index in [2.05, 4.69) is 0 Å². The van der Waals surface area contributed by atoms with Crippen molar-refractivity contribution >= 4 is 17.9 Å². The van der Waals surface area contributed by atoms with E-state index in [0.717, 1.165) is 0 Å². The molecule has 0 rings (SSSR count). The van der Waals surface area contributed by atoms with Gasteiger partial charge in [0, 0.05) is 0 Å². The van der Waals surface area contributed by atoms with Gasteiger partial charge in [0.1, 0.15) is 0 Å². The van der Waals surface area contributed by atoms with Crippen LogP contribution < -0.4 is 56.6 Å². The minimum Gasteiger partial charge on any atom is -1.00 e. The predicted molar refractivity (Wildman–Crippen MR) is 39.0 cm³/mol. The molecule has 0 aliphatic heterocycles. The zero-order valence-electron chi connectivity index (χ0n) is 12.1. The number of rotatable bonds is 5. The van der Waals surface area contributed by atoms with Gasteiger partial charge in [-0.25, -0.2) is 0 Å². The van der Waals surface area contributed by atoms with Crippen molar-refractivity contribution in [3.05, 3.63) is 0 Å². The molecule has 3 N–H and O–H groups in total. The first-order chi connectivity index (χ1) is 5.43. The maximum atomic E-state index is 10.2. The van der Waals surface area contributed by atoms with Crippen molar-refractivity contribution in [2.75, 3.05) is 0 Å². The van der Waals surface area contributed by atoms with Gasteiger partial charge >= 0.3 is 74.5 Å². The van der Waals surface area contributed by atoms with E-state index >= 15 is 0 Å². The van der Waals surface area contributed by atoms with Gasteiger partial charge in [-0.1, -0.05) is 0 Å². The van der Waals surface area contributed by atoms with Crippen LogP contribution in [0.2, 0.25) is 0 Å². The third-order valence-corrected chi connectivity index (χ3v) is 1.19. The summed E-state index contributed by atoms with van der Waals surface area (Å²) in [6.07, 6.45) is -1.33. The summed E-state index contributed by atoms with van der Waals surface area (Å²) in [6, 6.07) is 0. The molecule has 15 heavy (non-hydrogen) atoms. The average Bonchev–Trinajstić information content (AvgIpc) is 1.83. The summed E-state index contributed by atoms with van der Waals surface area (Å²) in [4.78, 5) is 30.3. The van der Waals surface area contributed by atoms with Crippen molar-refractivity contribution in [2.45, 2.75) is 12.8 Å². The normalized spacial score (nSPS) is 7.80. The fourth-order valence-electron chi connectivity index (χ4n) is 0.668. The van der Waals surface area contributed by atoms with Crippen LogP contribution in [0, 0.1) is 5.92 Å². The van der Waals surface area contributed by atoms with E-state index in [4.69, 9.17) is 15.3 Å². The average molecular weight is 200 g/mol. The van der Waals surface area contributed by atoms with Gasteiger partial charge in [-0.05, 0) is 0 Å². The van der Waals surface area contributed by atoms with E-state index in [9.17, 15) is 14.4 Å². The second-order valence-corrected chi connectivity index (χ2v) is 2.23. The molecule has 0 aliphatic rings. The molecular weight excluding hydrogens is 189 g/mol. The summed E-state index contributed by atoms with van der Waals surface area (Å²) in [5.74, 6) is -5.38. The largest absolute Gasteiger partial charge is 1.00 e. The summed E-state index contributed by atoms with van der Waals surface area (Å²) >= 11 is 0. The Hall–Kier alpha value is 0.202. The van der Waals surface area contributed by atoms with E-state index in [1.54, 1.807) is 0 Å². The van der Waals surface area contributed by atoms with Gasteiger partial charge in [0.15, 0.2) is 0 Å². The van der Waals surface area contributed by atoms with Crippen LogP contribution in [-0.4, -0.2) is 33.2 Å². The van der Waals surface area contributed by atoms with Crippen molar-refractivity contribution in [3.8, 4) is 0 Å². The quantitative estimate of drug-likeness (QED) is 0.380. The number of carboxylic acid groups (broad SMARTS) is 3. The Labute approximate surface area is 127 Å². The van der Waals surface area contributed by atoms with E-state index < -0.39 is 36.7 Å². The third-order valence-electron chi connectivity index (χ3n) is 1.19. The third kappa shape index (κ3) is 14.2. The molecule has 74 valence electrons. The number of aliphatic carboxylic acids is 3. The first kappa shape index (κ1) is 24.4. The monoisotopic (exact) mass is 200 g/mol. The van der Waals surface area contributed by atoms with Crippen LogP contribution in [0.3, 0.4) is 0 Å². The minimum absolute atomic E-state index is 0. The SMILES string of the molecule is O=C(O)CC(CC(=O)O)C(=O)O.[H-].[H-].[H-].[Li+].[Li+].[Li+]. The smallest absolute Gasteiger partial charge is 1.00 e. The van der Waals surface area contributed by atoms with Crippen LogP contribution in [0.5, 0.6) is 0 Å². The van der Waals surface area contributed by atoms with Crippen molar-refractivity contribution in [1.82, 2.24) is 0 Å². The maximum Gasteiger partial charge on any atom is 1.00 e. The van der Waals surface area contributed by atoms with Gasteiger partial charge in [0.05, 0.1) is 18.8 Å². The van der Waals surface area contributed by atoms with Crippen LogP contribution in [0.1, 0.15) is 17.1 Å². The summed E-state index contributed by atoms with van der Waals surface area (Å²) < 4.78 is 0. The molecule has 6 nitrogen and oxygen atoms in total. The fraction of sp³-hybridized carbons (Fsp3) is 0.500. The molecule has 0 saturated carbocycles. The Balaban J connectivity index is -0.0000000403. The number of carbonyl (C=O) groups is 3. The number of carboxylic acids is 3. The Morgan fingerprint density at radius 2 is 1.13 bits per heavy atom. The topological polar surface area (TPSA) is 112 Å². The standard InChI is InChI=1S/C6H8O6.3Li.3H/c7-4(8)1-3(6(11)12)2-5(9)10;;;;;;/h3H,1-2H2,(H,7,8)(H,9,10)(H,11,12);;;;;;/q;3*+1;3*-1. The molecule has 0 atom stereocenters. The Kier molecular flexibility index (Phi) is 20.0. The van der Waals surface area contributed by atoms with E-state index in [-0.39, 0.29) is 60.9 Å². The molecule has 0 unspecified atom stereocenters. The van der Waals surface area contributed by atoms with Crippen LogP contribution in [0.15, 0.2) is 0 Å². The molecule has 0 radical (unpaired) electrons. The second-order valence-electron chi connectivity index (χ2n) is 2.23. The maximum absolute atomic E-state index is 10.2. The van der Waals surface area contributed by atoms with Crippen LogP contribution in [0.4, 0.5) is 0 Å². The molecule has 0 saturated heterocycles. The molecule has 0 amide bonds. The second kappa shape index (κ2) is 12.3.